The third-order valence-electron chi connectivity index (χ3n) is 6.08. The van der Waals surface area contributed by atoms with Crippen molar-refractivity contribution in [1.82, 2.24) is 20.1 Å². The number of furan rings is 1. The van der Waals surface area contributed by atoms with E-state index in [1.54, 1.807) is 13.4 Å². The Balaban J connectivity index is 1.83. The summed E-state index contributed by atoms with van der Waals surface area (Å²) in [6.45, 7) is 9.91. The van der Waals surface area contributed by atoms with Gasteiger partial charge in [-0.15, -0.1) is 0 Å². The standard InChI is InChI=1S/C26H26N4O3/c1-7-8-9-17-14(3)32-15(4)23(17)25-24-18-11-21(31-6)19(22-13(2)30-33-16(22)5)10-20(18)29-26(24)28-12-27-25/h8-12H,7H2,1-6H3,(H,27,28,29). The Hall–Kier alpha value is -3.87. The molecule has 0 unspecified atom stereocenters. The maximum Gasteiger partial charge on any atom is 0.142 e. The molecule has 1 N–H and O–H groups in total. The maximum absolute atomic E-state index is 6.01. The number of fused-ring (bicyclic) bond motifs is 3. The van der Waals surface area contributed by atoms with E-state index in [1.165, 1.54) is 0 Å². The number of ether oxygens (including phenoxy) is 1. The molecule has 0 saturated carbocycles. The average molecular weight is 443 g/mol. The van der Waals surface area contributed by atoms with Gasteiger partial charge in [0.15, 0.2) is 0 Å². The topological polar surface area (TPSA) is 90.0 Å². The summed E-state index contributed by atoms with van der Waals surface area (Å²) < 4.78 is 17.2. The molecule has 5 rings (SSSR count). The van der Waals surface area contributed by atoms with Crippen LogP contribution in [-0.2, 0) is 0 Å². The first-order valence-corrected chi connectivity index (χ1v) is 11.0. The smallest absolute Gasteiger partial charge is 0.142 e. The summed E-state index contributed by atoms with van der Waals surface area (Å²) in [5.41, 5.74) is 7.24. The number of benzene rings is 1. The van der Waals surface area contributed by atoms with E-state index >= 15 is 0 Å². The monoisotopic (exact) mass is 442 g/mol. The molecule has 33 heavy (non-hydrogen) atoms. The van der Waals surface area contributed by atoms with Crippen molar-refractivity contribution in [3.05, 3.63) is 53.1 Å². The Morgan fingerprint density at radius 3 is 2.55 bits per heavy atom. The molecule has 0 spiro atoms. The van der Waals surface area contributed by atoms with Crippen molar-refractivity contribution >= 4 is 28.0 Å². The largest absolute Gasteiger partial charge is 0.496 e. The molecule has 4 aromatic heterocycles. The number of H-pyrrole nitrogens is 1. The predicted octanol–water partition coefficient (Wildman–Crippen LogP) is 6.69. The van der Waals surface area contributed by atoms with Crippen LogP contribution in [0.1, 0.15) is 41.9 Å². The third-order valence-corrected chi connectivity index (χ3v) is 6.08. The van der Waals surface area contributed by atoms with Gasteiger partial charge in [0.1, 0.15) is 35.0 Å². The van der Waals surface area contributed by atoms with Crippen molar-refractivity contribution in [2.45, 2.75) is 41.0 Å². The van der Waals surface area contributed by atoms with Gasteiger partial charge >= 0.3 is 0 Å². The van der Waals surface area contributed by atoms with Gasteiger partial charge in [-0.3, -0.25) is 0 Å². The minimum atomic E-state index is 0.735. The Bertz CT molecular complexity index is 1520. The Labute approximate surface area is 191 Å². The number of aromatic nitrogens is 4. The van der Waals surface area contributed by atoms with Crippen LogP contribution in [-0.4, -0.2) is 27.2 Å². The molecular weight excluding hydrogens is 416 g/mol. The zero-order valence-electron chi connectivity index (χ0n) is 19.7. The normalized spacial score (nSPS) is 11.9. The van der Waals surface area contributed by atoms with Crippen LogP contribution in [0.5, 0.6) is 5.75 Å². The van der Waals surface area contributed by atoms with Gasteiger partial charge in [0.25, 0.3) is 0 Å². The van der Waals surface area contributed by atoms with E-state index in [9.17, 15) is 0 Å². The van der Waals surface area contributed by atoms with Crippen LogP contribution >= 0.6 is 0 Å². The highest BCUT2D eigenvalue weighted by Gasteiger charge is 2.23. The molecule has 0 atom stereocenters. The summed E-state index contributed by atoms with van der Waals surface area (Å²) in [6.07, 6.45) is 6.78. The number of rotatable bonds is 5. The van der Waals surface area contributed by atoms with Gasteiger partial charge in [0.05, 0.1) is 29.4 Å². The quantitative estimate of drug-likeness (QED) is 0.326. The molecule has 0 radical (unpaired) electrons. The van der Waals surface area contributed by atoms with E-state index in [0.29, 0.717) is 0 Å². The van der Waals surface area contributed by atoms with Gasteiger partial charge in [-0.1, -0.05) is 24.2 Å². The van der Waals surface area contributed by atoms with E-state index in [4.69, 9.17) is 18.7 Å². The molecule has 0 aliphatic carbocycles. The number of nitrogens with zero attached hydrogens (tertiary/aromatic N) is 3. The maximum atomic E-state index is 6.01. The third kappa shape index (κ3) is 3.23. The van der Waals surface area contributed by atoms with Crippen LogP contribution in [0.3, 0.4) is 0 Å². The summed E-state index contributed by atoms with van der Waals surface area (Å²) in [4.78, 5) is 12.7. The van der Waals surface area contributed by atoms with Gasteiger partial charge in [-0.2, -0.15) is 0 Å². The predicted molar refractivity (Wildman–Crippen MR) is 129 cm³/mol. The van der Waals surface area contributed by atoms with Crippen molar-refractivity contribution in [3.8, 4) is 28.1 Å². The Morgan fingerprint density at radius 1 is 1.03 bits per heavy atom. The molecular formula is C26H26N4O3. The van der Waals surface area contributed by atoms with Gasteiger partial charge in [-0.05, 0) is 46.2 Å². The summed E-state index contributed by atoms with van der Waals surface area (Å²) >= 11 is 0. The lowest BCUT2D eigenvalue weighted by Crippen LogP contribution is -1.91. The number of hydrogen-bond acceptors (Lipinski definition) is 6. The first-order chi connectivity index (χ1) is 15.9. The van der Waals surface area contributed by atoms with Crippen molar-refractivity contribution in [1.29, 1.82) is 0 Å². The van der Waals surface area contributed by atoms with Crippen LogP contribution in [0.25, 0.3) is 50.4 Å². The van der Waals surface area contributed by atoms with Crippen molar-refractivity contribution in [3.63, 3.8) is 0 Å². The van der Waals surface area contributed by atoms with Gasteiger partial charge in [-0.25, -0.2) is 9.97 Å². The van der Waals surface area contributed by atoms with Crippen LogP contribution in [0, 0.1) is 27.7 Å². The van der Waals surface area contributed by atoms with Gasteiger partial charge in [0, 0.05) is 27.6 Å². The molecule has 0 aliphatic heterocycles. The Kier molecular flexibility index (Phi) is 5.04. The average Bonchev–Trinajstić information content (AvgIpc) is 3.42. The van der Waals surface area contributed by atoms with E-state index < -0.39 is 0 Å². The lowest BCUT2D eigenvalue weighted by Gasteiger charge is -2.09. The summed E-state index contributed by atoms with van der Waals surface area (Å²) in [5.74, 6) is 3.19. The second-order valence-electron chi connectivity index (χ2n) is 8.18. The van der Waals surface area contributed by atoms with Crippen molar-refractivity contribution in [2.75, 3.05) is 7.11 Å². The van der Waals surface area contributed by atoms with E-state index in [1.807, 2.05) is 33.8 Å². The van der Waals surface area contributed by atoms with Gasteiger partial charge in [0.2, 0.25) is 0 Å². The highest BCUT2D eigenvalue weighted by molar-refractivity contribution is 6.14. The molecule has 168 valence electrons. The molecule has 7 nitrogen and oxygen atoms in total. The lowest BCUT2D eigenvalue weighted by molar-refractivity contribution is 0.393. The lowest BCUT2D eigenvalue weighted by atomic mass is 9.98. The fourth-order valence-electron chi connectivity index (χ4n) is 4.61. The van der Waals surface area contributed by atoms with Crippen LogP contribution in [0.2, 0.25) is 0 Å². The zero-order chi connectivity index (χ0) is 23.3. The zero-order valence-corrected chi connectivity index (χ0v) is 19.7. The number of allylic oxidation sites excluding steroid dienone is 1. The van der Waals surface area contributed by atoms with Crippen LogP contribution < -0.4 is 4.74 Å². The van der Waals surface area contributed by atoms with E-state index in [0.717, 1.165) is 85.0 Å². The molecule has 7 heteroatoms. The fraction of sp³-hybridized carbons (Fsp3) is 0.269. The van der Waals surface area contributed by atoms with Crippen LogP contribution in [0.15, 0.2) is 33.5 Å². The number of nitrogens with one attached hydrogen (secondary N) is 1. The number of hydrogen-bond donors (Lipinski definition) is 1. The highest BCUT2D eigenvalue weighted by Crippen LogP contribution is 2.42. The number of aryl methyl sites for hydroxylation is 4. The highest BCUT2D eigenvalue weighted by atomic mass is 16.5. The molecule has 4 heterocycles. The summed E-state index contributed by atoms with van der Waals surface area (Å²) in [6, 6.07) is 4.10. The molecule has 0 amide bonds. The second-order valence-corrected chi connectivity index (χ2v) is 8.18. The van der Waals surface area contributed by atoms with Crippen molar-refractivity contribution in [2.24, 2.45) is 0 Å². The minimum Gasteiger partial charge on any atom is -0.496 e. The van der Waals surface area contributed by atoms with E-state index in [2.05, 4.69) is 40.3 Å². The van der Waals surface area contributed by atoms with E-state index in [-0.39, 0.29) is 0 Å². The number of aromatic amines is 1. The summed E-state index contributed by atoms with van der Waals surface area (Å²) in [5, 5.41) is 6.03. The van der Waals surface area contributed by atoms with Gasteiger partial charge < -0.3 is 18.7 Å². The van der Waals surface area contributed by atoms with Crippen LogP contribution in [0.4, 0.5) is 0 Å². The van der Waals surface area contributed by atoms with Crippen molar-refractivity contribution < 1.29 is 13.7 Å². The fourth-order valence-corrected chi connectivity index (χ4v) is 4.61. The first-order valence-electron chi connectivity index (χ1n) is 11.0. The molecule has 0 bridgehead atoms. The first kappa shape index (κ1) is 21.0. The molecule has 5 aromatic rings. The SMILES string of the molecule is CCC=Cc1c(C)oc(C)c1-c1ncnc2[nH]c3cc(-c4c(C)noc4C)c(OC)cc3c12. The Morgan fingerprint density at radius 2 is 1.85 bits per heavy atom. The second kappa shape index (κ2) is 7.92. The molecule has 0 fully saturated rings. The number of methoxy groups -OCH3 is 1. The molecule has 0 saturated heterocycles. The molecule has 1 aromatic carbocycles. The molecule has 0 aliphatic rings. The minimum absolute atomic E-state index is 0.735. The summed E-state index contributed by atoms with van der Waals surface area (Å²) in [7, 11) is 1.67.